The van der Waals surface area contributed by atoms with E-state index in [-0.39, 0.29) is 0 Å². The number of H-pyrrole nitrogens is 1. The topological polar surface area (TPSA) is 124 Å². The number of aromatic amines is 1. The fourth-order valence-electron chi connectivity index (χ4n) is 3.49. The zero-order valence-corrected chi connectivity index (χ0v) is 18.6. The number of nitrogens with one attached hydrogen (secondary N) is 3. The number of benzene rings is 1. The van der Waals surface area contributed by atoms with Crippen LogP contribution in [0.5, 0.6) is 5.75 Å². The number of hydrogen-bond donors (Lipinski definition) is 3. The molecule has 5 aromatic rings. The van der Waals surface area contributed by atoms with Crippen LogP contribution in [0.4, 0.5) is 23.0 Å². The largest absolute Gasteiger partial charge is 0.494 e. The monoisotopic (exact) mass is 454 g/mol. The first-order chi connectivity index (χ1) is 16.1. The predicted molar refractivity (Wildman–Crippen MR) is 128 cm³/mol. The summed E-state index contributed by atoms with van der Waals surface area (Å²) < 4.78 is 5.75. The normalized spacial score (nSPS) is 10.7. The number of methoxy groups -OCH3 is 1. The van der Waals surface area contributed by atoms with E-state index in [0.717, 1.165) is 27.8 Å². The van der Waals surface area contributed by atoms with Crippen LogP contribution < -0.4 is 15.4 Å². The van der Waals surface area contributed by atoms with Gasteiger partial charge < -0.3 is 20.4 Å². The molecule has 0 saturated carbocycles. The quantitative estimate of drug-likeness (QED) is 0.322. The standard InChI is InChI=1S/C23H18N8OS/c1-13-26-20-17(29-16-7-4-6-15(21(16)32-2)23-25-9-10-33-23)11-19(31-22(20)27-13)30-18-8-3-5-14(12-24)28-18/h3-11H,1-2H3,(H3,26,27,28,29,30,31). The first-order valence-electron chi connectivity index (χ1n) is 10.00. The highest BCUT2D eigenvalue weighted by atomic mass is 32.1. The number of hydrogen-bond acceptors (Lipinski definition) is 9. The molecule has 0 saturated heterocycles. The molecule has 0 unspecified atom stereocenters. The third-order valence-corrected chi connectivity index (χ3v) is 5.65. The van der Waals surface area contributed by atoms with Crippen molar-refractivity contribution in [2.45, 2.75) is 6.92 Å². The lowest BCUT2D eigenvalue weighted by Crippen LogP contribution is -2.01. The van der Waals surface area contributed by atoms with E-state index in [1.54, 1.807) is 42.8 Å². The molecule has 162 valence electrons. The molecule has 1 aromatic carbocycles. The van der Waals surface area contributed by atoms with E-state index in [9.17, 15) is 0 Å². The molecule has 0 aliphatic rings. The molecule has 9 nitrogen and oxygen atoms in total. The number of anilines is 4. The van der Waals surface area contributed by atoms with Crippen LogP contribution >= 0.6 is 11.3 Å². The lowest BCUT2D eigenvalue weighted by molar-refractivity contribution is 0.418. The van der Waals surface area contributed by atoms with Crippen LogP contribution in [0.1, 0.15) is 11.5 Å². The first kappa shape index (κ1) is 20.4. The average molecular weight is 455 g/mol. The minimum atomic E-state index is 0.320. The summed E-state index contributed by atoms with van der Waals surface area (Å²) in [5, 5.41) is 18.5. The van der Waals surface area contributed by atoms with Gasteiger partial charge in [-0.3, -0.25) is 0 Å². The lowest BCUT2D eigenvalue weighted by Gasteiger charge is -2.15. The van der Waals surface area contributed by atoms with Crippen molar-refractivity contribution < 1.29 is 4.74 Å². The Labute approximate surface area is 193 Å². The van der Waals surface area contributed by atoms with Crippen LogP contribution in [0.15, 0.2) is 54.0 Å². The molecule has 3 N–H and O–H groups in total. The second-order valence-electron chi connectivity index (χ2n) is 7.07. The van der Waals surface area contributed by atoms with Gasteiger partial charge in [-0.25, -0.2) is 19.9 Å². The Balaban J connectivity index is 1.57. The second kappa shape index (κ2) is 8.57. The summed E-state index contributed by atoms with van der Waals surface area (Å²) in [6.45, 7) is 1.88. The Hall–Kier alpha value is -4.49. The van der Waals surface area contributed by atoms with Crippen LogP contribution in [0, 0.1) is 18.3 Å². The lowest BCUT2D eigenvalue weighted by atomic mass is 10.1. The summed E-state index contributed by atoms with van der Waals surface area (Å²) in [5.41, 5.74) is 4.04. The molecule has 0 atom stereocenters. The maximum Gasteiger partial charge on any atom is 0.161 e. The molecule has 0 bridgehead atoms. The van der Waals surface area contributed by atoms with Gasteiger partial charge in [0.05, 0.1) is 24.0 Å². The summed E-state index contributed by atoms with van der Waals surface area (Å²) in [6.07, 6.45) is 1.77. The van der Waals surface area contributed by atoms with Gasteiger partial charge in [0.2, 0.25) is 0 Å². The molecule has 0 aliphatic heterocycles. The maximum absolute atomic E-state index is 9.13. The van der Waals surface area contributed by atoms with Crippen LogP contribution in [0.2, 0.25) is 0 Å². The number of fused-ring (bicyclic) bond motifs is 1. The number of pyridine rings is 2. The number of aryl methyl sites for hydroxylation is 1. The van der Waals surface area contributed by atoms with Gasteiger partial charge in [-0.2, -0.15) is 5.26 Å². The molecule has 0 radical (unpaired) electrons. The summed E-state index contributed by atoms with van der Waals surface area (Å²) in [7, 11) is 1.64. The van der Waals surface area contributed by atoms with Gasteiger partial charge in [0.25, 0.3) is 0 Å². The van der Waals surface area contributed by atoms with E-state index in [0.29, 0.717) is 34.2 Å². The first-order valence-corrected chi connectivity index (χ1v) is 10.9. The van der Waals surface area contributed by atoms with E-state index in [1.165, 1.54) is 0 Å². The zero-order valence-electron chi connectivity index (χ0n) is 17.7. The second-order valence-corrected chi connectivity index (χ2v) is 7.96. The molecule has 0 aliphatic carbocycles. The Kier molecular flexibility index (Phi) is 5.30. The number of imidazole rings is 1. The molecular formula is C23H18N8OS. The van der Waals surface area contributed by atoms with Gasteiger partial charge in [-0.1, -0.05) is 12.1 Å². The van der Waals surface area contributed by atoms with Crippen molar-refractivity contribution in [3.63, 3.8) is 0 Å². The number of aromatic nitrogens is 5. The van der Waals surface area contributed by atoms with E-state index in [4.69, 9.17) is 10.00 Å². The molecule has 0 spiro atoms. The Morgan fingerprint density at radius 1 is 1.03 bits per heavy atom. The zero-order chi connectivity index (χ0) is 22.8. The molecule has 0 amide bonds. The fraction of sp³-hybridized carbons (Fsp3) is 0.0870. The van der Waals surface area contributed by atoms with Crippen molar-refractivity contribution >= 4 is 45.5 Å². The third-order valence-electron chi connectivity index (χ3n) is 4.84. The van der Waals surface area contributed by atoms with E-state index in [1.807, 2.05) is 42.6 Å². The van der Waals surface area contributed by atoms with Crippen molar-refractivity contribution in [1.29, 1.82) is 5.26 Å². The van der Waals surface area contributed by atoms with Crippen molar-refractivity contribution in [2.75, 3.05) is 17.7 Å². The van der Waals surface area contributed by atoms with Crippen LogP contribution in [-0.2, 0) is 0 Å². The molecule has 10 heteroatoms. The Morgan fingerprint density at radius 2 is 1.91 bits per heavy atom. The smallest absolute Gasteiger partial charge is 0.161 e. The molecule has 0 fully saturated rings. The van der Waals surface area contributed by atoms with Crippen molar-refractivity contribution in [3.05, 3.63) is 65.6 Å². The number of nitrogens with zero attached hydrogens (tertiary/aromatic N) is 5. The van der Waals surface area contributed by atoms with Crippen LogP contribution in [0.3, 0.4) is 0 Å². The number of thiazole rings is 1. The predicted octanol–water partition coefficient (Wildman–Crippen LogP) is 5.15. The highest BCUT2D eigenvalue weighted by Crippen LogP contribution is 2.39. The SMILES string of the molecule is COc1c(Nc2cc(Nc3cccc(C#N)n3)nc3[nH]c(C)nc23)cccc1-c1nccs1. The van der Waals surface area contributed by atoms with Gasteiger partial charge >= 0.3 is 0 Å². The van der Waals surface area contributed by atoms with E-state index < -0.39 is 0 Å². The molecular weight excluding hydrogens is 436 g/mol. The highest BCUT2D eigenvalue weighted by Gasteiger charge is 2.16. The minimum absolute atomic E-state index is 0.320. The van der Waals surface area contributed by atoms with Gasteiger partial charge in [0.15, 0.2) is 11.4 Å². The molecule has 4 aromatic heterocycles. The van der Waals surface area contributed by atoms with E-state index in [2.05, 4.69) is 35.6 Å². The third kappa shape index (κ3) is 4.05. The number of nitriles is 1. The molecule has 33 heavy (non-hydrogen) atoms. The maximum atomic E-state index is 9.13. The highest BCUT2D eigenvalue weighted by molar-refractivity contribution is 7.13. The van der Waals surface area contributed by atoms with Gasteiger partial charge in [0, 0.05) is 17.6 Å². The average Bonchev–Trinajstić information content (AvgIpc) is 3.48. The summed E-state index contributed by atoms with van der Waals surface area (Å²) >= 11 is 1.55. The van der Waals surface area contributed by atoms with Crippen LogP contribution in [-0.4, -0.2) is 32.0 Å². The molecule has 5 rings (SSSR count). The molecule has 4 heterocycles. The number of ether oxygens (including phenoxy) is 1. The minimum Gasteiger partial charge on any atom is -0.494 e. The Morgan fingerprint density at radius 3 is 2.70 bits per heavy atom. The van der Waals surface area contributed by atoms with E-state index >= 15 is 0 Å². The summed E-state index contributed by atoms with van der Waals surface area (Å²) in [5.74, 6) is 2.49. The summed E-state index contributed by atoms with van der Waals surface area (Å²) in [4.78, 5) is 21.1. The number of para-hydroxylation sites is 1. The Bertz CT molecular complexity index is 1490. The van der Waals surface area contributed by atoms with Crippen molar-refractivity contribution in [3.8, 4) is 22.4 Å². The van der Waals surface area contributed by atoms with Gasteiger partial charge in [-0.15, -0.1) is 11.3 Å². The summed E-state index contributed by atoms with van der Waals surface area (Å²) in [6, 6.07) is 14.9. The van der Waals surface area contributed by atoms with Crippen molar-refractivity contribution in [1.82, 2.24) is 24.9 Å². The van der Waals surface area contributed by atoms with Crippen LogP contribution in [0.25, 0.3) is 21.7 Å². The van der Waals surface area contributed by atoms with Gasteiger partial charge in [0.1, 0.15) is 39.7 Å². The fourth-order valence-corrected chi connectivity index (χ4v) is 4.15. The number of rotatable bonds is 6. The van der Waals surface area contributed by atoms with Crippen molar-refractivity contribution in [2.24, 2.45) is 0 Å². The van der Waals surface area contributed by atoms with Gasteiger partial charge in [-0.05, 0) is 31.2 Å².